The van der Waals surface area contributed by atoms with E-state index in [4.69, 9.17) is 4.98 Å². The van der Waals surface area contributed by atoms with Crippen molar-refractivity contribution < 1.29 is 4.79 Å². The lowest BCUT2D eigenvalue weighted by atomic mass is 9.95. The van der Waals surface area contributed by atoms with Gasteiger partial charge in [0.05, 0.1) is 10.8 Å². The van der Waals surface area contributed by atoms with Crippen molar-refractivity contribution in [1.82, 2.24) is 10.3 Å². The number of rotatable bonds is 6. The Morgan fingerprint density at radius 1 is 1.40 bits per heavy atom. The molecule has 5 heteroatoms. The Bertz CT molecular complexity index is 676. The van der Waals surface area contributed by atoms with Crippen LogP contribution in [-0.2, 0) is 17.6 Å². The molecule has 0 spiro atoms. The Balaban J connectivity index is 2.27. The number of pyridine rings is 1. The van der Waals surface area contributed by atoms with E-state index in [-0.39, 0.29) is 22.6 Å². The number of aryl methyl sites for hydroxylation is 2. The van der Waals surface area contributed by atoms with Crippen LogP contribution in [0.2, 0.25) is 0 Å². The monoisotopic (exact) mass is 359 g/mol. The van der Waals surface area contributed by atoms with Crippen molar-refractivity contribution in [3.05, 3.63) is 22.9 Å². The molecule has 136 valence electrons. The maximum atomic E-state index is 12.8. The minimum atomic E-state index is -0.257. The fraction of sp³-hybridized carbons (Fsp3) is 0.650. The van der Waals surface area contributed by atoms with Gasteiger partial charge in [-0.1, -0.05) is 32.5 Å². The summed E-state index contributed by atoms with van der Waals surface area (Å²) in [5.74, 6) is 0.178. The number of amides is 1. The van der Waals surface area contributed by atoms with Gasteiger partial charge in [0.2, 0.25) is 5.91 Å². The summed E-state index contributed by atoms with van der Waals surface area (Å²) < 4.78 is 0. The third kappa shape index (κ3) is 4.98. The molecule has 1 atom stereocenters. The Hall–Kier alpha value is -1.54. The Labute approximate surface area is 155 Å². The Kier molecular flexibility index (Phi) is 6.51. The van der Waals surface area contributed by atoms with Crippen LogP contribution in [0.4, 0.5) is 0 Å². The SMILES string of the molecule is CCC(C)(C)NC(=O)C(Sc1nc2c(cc1C#N)CCCC2)C(C)C. The van der Waals surface area contributed by atoms with Crippen LogP contribution in [0.15, 0.2) is 11.1 Å². The fourth-order valence-electron chi connectivity index (χ4n) is 2.89. The predicted molar refractivity (Wildman–Crippen MR) is 103 cm³/mol. The van der Waals surface area contributed by atoms with Crippen LogP contribution in [0.3, 0.4) is 0 Å². The number of aromatic nitrogens is 1. The van der Waals surface area contributed by atoms with Gasteiger partial charge in [0.25, 0.3) is 0 Å². The van der Waals surface area contributed by atoms with Gasteiger partial charge in [0.1, 0.15) is 11.1 Å². The molecule has 0 aliphatic heterocycles. The van der Waals surface area contributed by atoms with Crippen LogP contribution in [0, 0.1) is 17.2 Å². The van der Waals surface area contributed by atoms with Gasteiger partial charge in [-0.15, -0.1) is 0 Å². The van der Waals surface area contributed by atoms with E-state index in [2.05, 4.69) is 18.3 Å². The average molecular weight is 360 g/mol. The smallest absolute Gasteiger partial charge is 0.234 e. The normalized spacial score (nSPS) is 15.4. The number of carbonyl (C=O) groups is 1. The zero-order chi connectivity index (χ0) is 18.6. The number of carbonyl (C=O) groups excluding carboxylic acids is 1. The lowest BCUT2D eigenvalue weighted by Crippen LogP contribution is -2.47. The highest BCUT2D eigenvalue weighted by atomic mass is 32.2. The van der Waals surface area contributed by atoms with E-state index in [0.717, 1.165) is 37.8 Å². The molecule has 1 aromatic heterocycles. The van der Waals surface area contributed by atoms with E-state index in [0.29, 0.717) is 10.6 Å². The van der Waals surface area contributed by atoms with Crippen LogP contribution < -0.4 is 5.32 Å². The second kappa shape index (κ2) is 8.23. The molecule has 0 saturated carbocycles. The Morgan fingerprint density at radius 2 is 2.08 bits per heavy atom. The summed E-state index contributed by atoms with van der Waals surface area (Å²) in [5.41, 5.74) is 2.67. The number of thioether (sulfide) groups is 1. The van der Waals surface area contributed by atoms with Gasteiger partial charge in [-0.25, -0.2) is 4.98 Å². The van der Waals surface area contributed by atoms with Crippen molar-refractivity contribution >= 4 is 17.7 Å². The minimum absolute atomic E-state index is 0.0234. The van der Waals surface area contributed by atoms with E-state index in [1.807, 2.05) is 33.8 Å². The fourth-order valence-corrected chi connectivity index (χ4v) is 3.96. The third-order valence-corrected chi connectivity index (χ3v) is 6.38. The van der Waals surface area contributed by atoms with Crippen molar-refractivity contribution in [3.63, 3.8) is 0 Å². The van der Waals surface area contributed by atoms with Gasteiger partial charge in [-0.3, -0.25) is 4.79 Å². The van der Waals surface area contributed by atoms with Gasteiger partial charge in [0.15, 0.2) is 0 Å². The number of hydrogen-bond donors (Lipinski definition) is 1. The highest BCUT2D eigenvalue weighted by Crippen LogP contribution is 2.32. The van der Waals surface area contributed by atoms with Gasteiger partial charge >= 0.3 is 0 Å². The molecular weight excluding hydrogens is 330 g/mol. The first-order valence-corrected chi connectivity index (χ1v) is 10.1. The highest BCUT2D eigenvalue weighted by molar-refractivity contribution is 8.00. The van der Waals surface area contributed by atoms with Crippen molar-refractivity contribution in [2.45, 2.75) is 82.5 Å². The summed E-state index contributed by atoms with van der Waals surface area (Å²) in [5, 5.41) is 13.1. The zero-order valence-corrected chi connectivity index (χ0v) is 16.8. The molecule has 0 bridgehead atoms. The number of hydrogen-bond acceptors (Lipinski definition) is 4. The molecular formula is C20H29N3OS. The molecule has 1 amide bonds. The second-order valence-electron chi connectivity index (χ2n) is 7.77. The molecule has 0 aromatic carbocycles. The number of nitriles is 1. The summed E-state index contributed by atoms with van der Waals surface area (Å²) in [6, 6.07) is 4.25. The van der Waals surface area contributed by atoms with E-state index >= 15 is 0 Å². The van der Waals surface area contributed by atoms with Gasteiger partial charge in [-0.2, -0.15) is 5.26 Å². The molecule has 1 N–H and O–H groups in total. The average Bonchev–Trinajstić information content (AvgIpc) is 2.58. The van der Waals surface area contributed by atoms with E-state index < -0.39 is 0 Å². The molecule has 1 heterocycles. The van der Waals surface area contributed by atoms with E-state index in [1.165, 1.54) is 17.3 Å². The standard InChI is InChI=1S/C20H29N3OS/c1-6-20(4,5)23-18(24)17(13(2)3)25-19-15(12-21)11-14-9-7-8-10-16(14)22-19/h11,13,17H,6-10H2,1-5H3,(H,23,24). The van der Waals surface area contributed by atoms with Crippen molar-refractivity contribution in [2.24, 2.45) is 5.92 Å². The first-order valence-electron chi connectivity index (χ1n) is 9.19. The summed E-state index contributed by atoms with van der Waals surface area (Å²) in [7, 11) is 0. The minimum Gasteiger partial charge on any atom is -0.350 e. The first kappa shape index (κ1) is 19.8. The third-order valence-electron chi connectivity index (χ3n) is 4.83. The van der Waals surface area contributed by atoms with Gasteiger partial charge in [-0.05, 0) is 63.5 Å². The largest absolute Gasteiger partial charge is 0.350 e. The zero-order valence-electron chi connectivity index (χ0n) is 16.0. The topological polar surface area (TPSA) is 65.8 Å². The van der Waals surface area contributed by atoms with Crippen LogP contribution in [0.1, 0.15) is 70.7 Å². The summed E-state index contributed by atoms with van der Waals surface area (Å²) >= 11 is 1.43. The molecule has 1 aromatic rings. The molecule has 0 radical (unpaired) electrons. The van der Waals surface area contributed by atoms with Crippen molar-refractivity contribution in [2.75, 3.05) is 0 Å². The van der Waals surface area contributed by atoms with E-state index in [9.17, 15) is 10.1 Å². The summed E-state index contributed by atoms with van der Waals surface area (Å²) in [6.45, 7) is 10.2. The van der Waals surface area contributed by atoms with Crippen LogP contribution in [0.5, 0.6) is 0 Å². The number of nitrogens with one attached hydrogen (secondary N) is 1. The molecule has 4 nitrogen and oxygen atoms in total. The second-order valence-corrected chi connectivity index (χ2v) is 8.91. The molecule has 1 aliphatic rings. The number of fused-ring (bicyclic) bond motifs is 1. The quantitative estimate of drug-likeness (QED) is 0.771. The molecule has 0 saturated heterocycles. The van der Waals surface area contributed by atoms with Gasteiger partial charge < -0.3 is 5.32 Å². The molecule has 1 unspecified atom stereocenters. The molecule has 25 heavy (non-hydrogen) atoms. The molecule has 2 rings (SSSR count). The lowest BCUT2D eigenvalue weighted by molar-refractivity contribution is -0.122. The van der Waals surface area contributed by atoms with E-state index in [1.54, 1.807) is 0 Å². The highest BCUT2D eigenvalue weighted by Gasteiger charge is 2.29. The number of nitrogens with zero attached hydrogens (tertiary/aromatic N) is 2. The summed E-state index contributed by atoms with van der Waals surface area (Å²) in [4.78, 5) is 17.6. The maximum Gasteiger partial charge on any atom is 0.234 e. The lowest BCUT2D eigenvalue weighted by Gasteiger charge is -2.29. The van der Waals surface area contributed by atoms with Crippen molar-refractivity contribution in [3.8, 4) is 6.07 Å². The summed E-state index contributed by atoms with van der Waals surface area (Å²) in [6.07, 6.45) is 5.15. The van der Waals surface area contributed by atoms with Crippen LogP contribution >= 0.6 is 11.8 Å². The first-order chi connectivity index (χ1) is 11.8. The van der Waals surface area contributed by atoms with Crippen molar-refractivity contribution in [1.29, 1.82) is 5.26 Å². The van der Waals surface area contributed by atoms with Gasteiger partial charge in [0, 0.05) is 11.2 Å². The maximum absolute atomic E-state index is 12.8. The molecule has 1 aliphatic carbocycles. The van der Waals surface area contributed by atoms with Crippen LogP contribution in [-0.4, -0.2) is 21.7 Å². The molecule has 0 fully saturated rings. The van der Waals surface area contributed by atoms with Crippen LogP contribution in [0.25, 0.3) is 0 Å². The predicted octanol–water partition coefficient (Wildman–Crippen LogP) is 4.25. The Morgan fingerprint density at radius 3 is 2.68 bits per heavy atom.